The highest BCUT2D eigenvalue weighted by molar-refractivity contribution is 5.75. The number of benzene rings is 1. The summed E-state index contributed by atoms with van der Waals surface area (Å²) in [6.07, 6.45) is 0.852. The lowest BCUT2D eigenvalue weighted by Gasteiger charge is -2.19. The molecule has 0 radical (unpaired) electrons. The first-order valence-corrected chi connectivity index (χ1v) is 7.93. The summed E-state index contributed by atoms with van der Waals surface area (Å²) in [5.41, 5.74) is 1.10. The number of hydrogen-bond donors (Lipinski definition) is 3. The molecule has 6 nitrogen and oxygen atoms in total. The van der Waals surface area contributed by atoms with E-state index in [2.05, 4.69) is 10.6 Å². The molecule has 23 heavy (non-hydrogen) atoms. The lowest BCUT2D eigenvalue weighted by atomic mass is 10.1. The number of esters is 1. The van der Waals surface area contributed by atoms with Crippen molar-refractivity contribution in [3.63, 3.8) is 0 Å². The molecule has 0 aromatic heterocycles. The third-order valence-electron chi connectivity index (χ3n) is 3.23. The molecule has 0 aliphatic carbocycles. The van der Waals surface area contributed by atoms with Gasteiger partial charge in [-0.3, -0.25) is 4.79 Å². The molecule has 0 unspecified atom stereocenters. The van der Waals surface area contributed by atoms with Crippen molar-refractivity contribution >= 4 is 12.1 Å². The second kappa shape index (κ2) is 10.6. The van der Waals surface area contributed by atoms with E-state index >= 15 is 0 Å². The largest absolute Gasteiger partial charge is 0.465 e. The van der Waals surface area contributed by atoms with Crippen molar-refractivity contribution in [3.05, 3.63) is 35.9 Å². The first-order chi connectivity index (χ1) is 11.0. The molecule has 0 bridgehead atoms. The standard InChI is InChI=1S/C17H26N2O4/c1-13(2)23-16(20)15(10-6-7-11-18-17(21)22)19-12-14-8-4-3-5-9-14/h3-5,8-9,13,15,18-19H,6-7,10-12H2,1-2H3,(H,21,22)/t15-/m0/s1. The molecule has 0 aliphatic rings. The van der Waals surface area contributed by atoms with Gasteiger partial charge in [-0.1, -0.05) is 30.3 Å². The highest BCUT2D eigenvalue weighted by atomic mass is 16.5. The van der Waals surface area contributed by atoms with Gasteiger partial charge >= 0.3 is 12.1 Å². The predicted molar refractivity (Wildman–Crippen MR) is 88.2 cm³/mol. The van der Waals surface area contributed by atoms with E-state index in [9.17, 15) is 9.59 Å². The topological polar surface area (TPSA) is 87.7 Å². The van der Waals surface area contributed by atoms with Crippen LogP contribution in [0, 0.1) is 0 Å². The van der Waals surface area contributed by atoms with Gasteiger partial charge in [-0.15, -0.1) is 0 Å². The Morgan fingerprint density at radius 2 is 1.87 bits per heavy atom. The number of hydrogen-bond acceptors (Lipinski definition) is 4. The molecule has 1 amide bonds. The summed E-state index contributed by atoms with van der Waals surface area (Å²) in [5.74, 6) is -0.262. The van der Waals surface area contributed by atoms with Crippen LogP contribution in [-0.2, 0) is 16.1 Å². The van der Waals surface area contributed by atoms with Crippen LogP contribution < -0.4 is 10.6 Å². The Balaban J connectivity index is 2.44. The van der Waals surface area contributed by atoms with Crippen molar-refractivity contribution in [1.29, 1.82) is 0 Å². The first kappa shape index (κ1) is 19.0. The number of carbonyl (C=O) groups is 2. The predicted octanol–water partition coefficient (Wildman–Crippen LogP) is 2.53. The molecule has 0 saturated carbocycles. The highest BCUT2D eigenvalue weighted by Gasteiger charge is 2.20. The quantitative estimate of drug-likeness (QED) is 0.455. The van der Waals surface area contributed by atoms with Gasteiger partial charge in [0.2, 0.25) is 0 Å². The maximum Gasteiger partial charge on any atom is 0.404 e. The van der Waals surface area contributed by atoms with Gasteiger partial charge in [-0.05, 0) is 38.7 Å². The number of carboxylic acid groups (broad SMARTS) is 1. The average Bonchev–Trinajstić information content (AvgIpc) is 2.49. The molecule has 1 aromatic rings. The summed E-state index contributed by atoms with van der Waals surface area (Å²) >= 11 is 0. The van der Waals surface area contributed by atoms with E-state index < -0.39 is 6.09 Å². The second-order valence-electron chi connectivity index (χ2n) is 5.63. The molecule has 1 aromatic carbocycles. The van der Waals surface area contributed by atoms with Crippen LogP contribution >= 0.6 is 0 Å². The third kappa shape index (κ3) is 8.83. The maximum atomic E-state index is 12.2. The summed E-state index contributed by atoms with van der Waals surface area (Å²) in [7, 11) is 0. The van der Waals surface area contributed by atoms with Crippen molar-refractivity contribution in [1.82, 2.24) is 10.6 Å². The van der Waals surface area contributed by atoms with Crippen LogP contribution in [0.2, 0.25) is 0 Å². The fourth-order valence-electron chi connectivity index (χ4n) is 2.12. The SMILES string of the molecule is CC(C)OC(=O)[C@H](CCCCNC(=O)O)NCc1ccccc1. The first-order valence-electron chi connectivity index (χ1n) is 7.93. The van der Waals surface area contributed by atoms with Crippen LogP contribution in [0.4, 0.5) is 4.79 Å². The molecule has 0 aliphatic heterocycles. The lowest BCUT2D eigenvalue weighted by Crippen LogP contribution is -2.38. The van der Waals surface area contributed by atoms with E-state index in [1.807, 2.05) is 44.2 Å². The second-order valence-corrected chi connectivity index (χ2v) is 5.63. The van der Waals surface area contributed by atoms with Crippen LogP contribution in [0.15, 0.2) is 30.3 Å². The minimum Gasteiger partial charge on any atom is -0.465 e. The lowest BCUT2D eigenvalue weighted by molar-refractivity contribution is -0.150. The minimum atomic E-state index is -1.03. The Labute approximate surface area is 137 Å². The fraction of sp³-hybridized carbons (Fsp3) is 0.529. The molecule has 0 saturated heterocycles. The van der Waals surface area contributed by atoms with Gasteiger partial charge in [0.15, 0.2) is 0 Å². The Morgan fingerprint density at radius 1 is 1.17 bits per heavy atom. The van der Waals surface area contributed by atoms with Crippen LogP contribution in [-0.4, -0.2) is 35.9 Å². The Hall–Kier alpha value is -2.08. The minimum absolute atomic E-state index is 0.155. The van der Waals surface area contributed by atoms with E-state index in [0.717, 1.165) is 12.0 Å². The molecule has 0 heterocycles. The van der Waals surface area contributed by atoms with Crippen molar-refractivity contribution < 1.29 is 19.4 Å². The Bertz CT molecular complexity index is 477. The summed E-state index contributed by atoms with van der Waals surface area (Å²) < 4.78 is 5.28. The van der Waals surface area contributed by atoms with Gasteiger partial charge in [0.25, 0.3) is 0 Å². The van der Waals surface area contributed by atoms with Crippen molar-refractivity contribution in [2.75, 3.05) is 6.54 Å². The van der Waals surface area contributed by atoms with E-state index in [-0.39, 0.29) is 18.1 Å². The maximum absolute atomic E-state index is 12.2. The van der Waals surface area contributed by atoms with Crippen LogP contribution in [0.5, 0.6) is 0 Å². The molecule has 0 spiro atoms. The summed E-state index contributed by atoms with van der Waals surface area (Å²) in [6, 6.07) is 9.46. The van der Waals surface area contributed by atoms with Crippen molar-refractivity contribution in [2.45, 2.75) is 51.8 Å². The van der Waals surface area contributed by atoms with Crippen LogP contribution in [0.3, 0.4) is 0 Å². The summed E-state index contributed by atoms with van der Waals surface area (Å²) in [6.45, 7) is 4.62. The Morgan fingerprint density at radius 3 is 2.48 bits per heavy atom. The van der Waals surface area contributed by atoms with Crippen molar-refractivity contribution in [2.24, 2.45) is 0 Å². The van der Waals surface area contributed by atoms with Gasteiger partial charge in [-0.25, -0.2) is 4.79 Å². The van der Waals surface area contributed by atoms with E-state index in [1.165, 1.54) is 0 Å². The number of amides is 1. The zero-order valence-corrected chi connectivity index (χ0v) is 13.7. The zero-order chi connectivity index (χ0) is 17.1. The molecular formula is C17H26N2O4. The number of nitrogens with one attached hydrogen (secondary N) is 2. The average molecular weight is 322 g/mol. The number of ether oxygens (including phenoxy) is 1. The third-order valence-corrected chi connectivity index (χ3v) is 3.23. The molecule has 0 fully saturated rings. The smallest absolute Gasteiger partial charge is 0.404 e. The van der Waals surface area contributed by atoms with Gasteiger partial charge in [0, 0.05) is 13.1 Å². The van der Waals surface area contributed by atoms with E-state index in [0.29, 0.717) is 25.9 Å². The molecule has 1 rings (SSSR count). The number of rotatable bonds is 10. The summed E-state index contributed by atoms with van der Waals surface area (Å²) in [4.78, 5) is 22.5. The molecule has 6 heteroatoms. The van der Waals surface area contributed by atoms with Crippen LogP contribution in [0.1, 0.15) is 38.7 Å². The van der Waals surface area contributed by atoms with Gasteiger partial charge < -0.3 is 20.5 Å². The number of unbranched alkanes of at least 4 members (excludes halogenated alkanes) is 1. The zero-order valence-electron chi connectivity index (χ0n) is 13.7. The Kier molecular flexibility index (Phi) is 8.75. The molecule has 3 N–H and O–H groups in total. The van der Waals surface area contributed by atoms with E-state index in [4.69, 9.17) is 9.84 Å². The van der Waals surface area contributed by atoms with Crippen molar-refractivity contribution in [3.8, 4) is 0 Å². The highest BCUT2D eigenvalue weighted by Crippen LogP contribution is 2.07. The van der Waals surface area contributed by atoms with E-state index in [1.54, 1.807) is 0 Å². The fourth-order valence-corrected chi connectivity index (χ4v) is 2.12. The summed E-state index contributed by atoms with van der Waals surface area (Å²) in [5, 5.41) is 14.1. The van der Waals surface area contributed by atoms with Gasteiger partial charge in [0.05, 0.1) is 6.10 Å². The molecular weight excluding hydrogens is 296 g/mol. The number of carbonyl (C=O) groups excluding carboxylic acids is 1. The van der Waals surface area contributed by atoms with Crippen LogP contribution in [0.25, 0.3) is 0 Å². The molecule has 1 atom stereocenters. The molecule has 128 valence electrons. The van der Waals surface area contributed by atoms with Gasteiger partial charge in [-0.2, -0.15) is 0 Å². The van der Waals surface area contributed by atoms with Gasteiger partial charge in [0.1, 0.15) is 6.04 Å². The normalized spacial score (nSPS) is 12.0. The monoisotopic (exact) mass is 322 g/mol.